The highest BCUT2D eigenvalue weighted by Crippen LogP contribution is 2.06. The normalized spacial score (nSPS) is 9.65. The molecule has 90 valence electrons. The lowest BCUT2D eigenvalue weighted by atomic mass is 10.1. The summed E-state index contributed by atoms with van der Waals surface area (Å²) < 4.78 is 0. The molecule has 0 aliphatic heterocycles. The van der Waals surface area contributed by atoms with Gasteiger partial charge in [-0.3, -0.25) is 4.79 Å². The summed E-state index contributed by atoms with van der Waals surface area (Å²) in [5.41, 5.74) is 2.41. The number of unbranched alkanes of at least 4 members (excludes halogenated alkanes) is 1. The Morgan fingerprint density at radius 1 is 1.47 bits per heavy atom. The van der Waals surface area contributed by atoms with Gasteiger partial charge in [0.25, 0.3) is 0 Å². The number of nitrogens with one attached hydrogen (secondary N) is 1. The zero-order valence-corrected chi connectivity index (χ0v) is 10.2. The zero-order valence-electron chi connectivity index (χ0n) is 10.2. The van der Waals surface area contributed by atoms with Gasteiger partial charge in [0.05, 0.1) is 6.07 Å². The van der Waals surface area contributed by atoms with Crippen LogP contribution in [0.1, 0.15) is 30.4 Å². The first-order valence-electron chi connectivity index (χ1n) is 5.91. The molecule has 1 N–H and O–H groups in total. The standard InChI is InChI=1S/C14H18N2O/c1-12-5-4-6-13(11-12)7-8-14(17)16-10-3-2-9-15/h4-6,11H,2-3,7-8,10H2,1H3,(H,16,17). The molecule has 0 saturated heterocycles. The summed E-state index contributed by atoms with van der Waals surface area (Å²) in [5.74, 6) is 0.0597. The van der Waals surface area contributed by atoms with E-state index in [1.165, 1.54) is 11.1 Å². The smallest absolute Gasteiger partial charge is 0.220 e. The van der Waals surface area contributed by atoms with Crippen LogP contribution in [-0.2, 0) is 11.2 Å². The highest BCUT2D eigenvalue weighted by molar-refractivity contribution is 5.76. The second kappa shape index (κ2) is 7.45. The first kappa shape index (κ1) is 13.2. The van der Waals surface area contributed by atoms with Crippen LogP contribution in [-0.4, -0.2) is 12.5 Å². The van der Waals surface area contributed by atoms with E-state index in [1.54, 1.807) is 0 Å². The van der Waals surface area contributed by atoms with Crippen LogP contribution in [0.4, 0.5) is 0 Å². The van der Waals surface area contributed by atoms with Gasteiger partial charge in [0.1, 0.15) is 0 Å². The molecular weight excluding hydrogens is 212 g/mol. The number of benzene rings is 1. The molecule has 3 nitrogen and oxygen atoms in total. The molecule has 0 atom stereocenters. The first-order chi connectivity index (χ1) is 8.22. The van der Waals surface area contributed by atoms with Crippen LogP contribution in [0.3, 0.4) is 0 Å². The zero-order chi connectivity index (χ0) is 12.5. The van der Waals surface area contributed by atoms with Crippen LogP contribution in [0.2, 0.25) is 0 Å². The summed E-state index contributed by atoms with van der Waals surface area (Å²) >= 11 is 0. The molecule has 17 heavy (non-hydrogen) atoms. The Hall–Kier alpha value is -1.82. The summed E-state index contributed by atoms with van der Waals surface area (Å²) in [6, 6.07) is 10.2. The molecule has 1 rings (SSSR count). The van der Waals surface area contributed by atoms with Crippen molar-refractivity contribution in [3.63, 3.8) is 0 Å². The van der Waals surface area contributed by atoms with Gasteiger partial charge in [-0.05, 0) is 25.3 Å². The van der Waals surface area contributed by atoms with E-state index in [-0.39, 0.29) is 5.91 Å². The van der Waals surface area contributed by atoms with E-state index < -0.39 is 0 Å². The van der Waals surface area contributed by atoms with E-state index in [4.69, 9.17) is 5.26 Å². The van der Waals surface area contributed by atoms with Crippen molar-refractivity contribution in [2.45, 2.75) is 32.6 Å². The molecule has 1 amide bonds. The van der Waals surface area contributed by atoms with Crippen LogP contribution < -0.4 is 5.32 Å². The minimum Gasteiger partial charge on any atom is -0.356 e. The van der Waals surface area contributed by atoms with Crippen molar-refractivity contribution in [3.05, 3.63) is 35.4 Å². The third-order valence-corrected chi connectivity index (χ3v) is 2.51. The fraction of sp³-hybridized carbons (Fsp3) is 0.429. The maximum Gasteiger partial charge on any atom is 0.220 e. The average Bonchev–Trinajstić information content (AvgIpc) is 2.32. The Balaban J connectivity index is 2.22. The van der Waals surface area contributed by atoms with Gasteiger partial charge in [0.15, 0.2) is 0 Å². The van der Waals surface area contributed by atoms with Gasteiger partial charge in [-0.2, -0.15) is 5.26 Å². The number of carbonyl (C=O) groups excluding carboxylic acids is 1. The lowest BCUT2D eigenvalue weighted by Crippen LogP contribution is -2.24. The van der Waals surface area contributed by atoms with Crippen LogP contribution in [0.25, 0.3) is 0 Å². The Labute approximate surface area is 102 Å². The Bertz CT molecular complexity index is 407. The van der Waals surface area contributed by atoms with E-state index in [9.17, 15) is 4.79 Å². The van der Waals surface area contributed by atoms with Crippen LogP contribution >= 0.6 is 0 Å². The van der Waals surface area contributed by atoms with Gasteiger partial charge in [0, 0.05) is 19.4 Å². The molecule has 0 fully saturated rings. The van der Waals surface area contributed by atoms with Gasteiger partial charge in [0.2, 0.25) is 5.91 Å². The van der Waals surface area contributed by atoms with E-state index in [0.29, 0.717) is 19.4 Å². The highest BCUT2D eigenvalue weighted by atomic mass is 16.1. The van der Waals surface area contributed by atoms with Crippen molar-refractivity contribution in [3.8, 4) is 6.07 Å². The van der Waals surface area contributed by atoms with Crippen LogP contribution in [0, 0.1) is 18.3 Å². The summed E-state index contributed by atoms with van der Waals surface area (Å²) in [6.07, 6.45) is 2.51. The molecule has 1 aromatic carbocycles. The van der Waals surface area contributed by atoms with Crippen molar-refractivity contribution in [1.82, 2.24) is 5.32 Å². The fourth-order valence-corrected chi connectivity index (χ4v) is 1.61. The minimum atomic E-state index is 0.0597. The van der Waals surface area contributed by atoms with E-state index in [2.05, 4.69) is 17.5 Å². The highest BCUT2D eigenvalue weighted by Gasteiger charge is 2.01. The molecule has 0 bridgehead atoms. The van der Waals surface area contributed by atoms with Gasteiger partial charge in [-0.1, -0.05) is 29.8 Å². The van der Waals surface area contributed by atoms with Crippen molar-refractivity contribution in [2.24, 2.45) is 0 Å². The SMILES string of the molecule is Cc1cccc(CCC(=O)NCCCC#N)c1. The van der Waals surface area contributed by atoms with Crippen LogP contribution in [0.15, 0.2) is 24.3 Å². The maximum atomic E-state index is 11.5. The first-order valence-corrected chi connectivity index (χ1v) is 5.91. The van der Waals surface area contributed by atoms with E-state index in [1.807, 2.05) is 25.1 Å². The summed E-state index contributed by atoms with van der Waals surface area (Å²) in [5, 5.41) is 11.2. The fourth-order valence-electron chi connectivity index (χ4n) is 1.61. The number of aryl methyl sites for hydroxylation is 2. The van der Waals surface area contributed by atoms with Crippen molar-refractivity contribution >= 4 is 5.91 Å². The average molecular weight is 230 g/mol. The predicted molar refractivity (Wildman–Crippen MR) is 67.4 cm³/mol. The monoisotopic (exact) mass is 230 g/mol. The number of amides is 1. The third kappa shape index (κ3) is 5.72. The number of hydrogen-bond donors (Lipinski definition) is 1. The number of nitrogens with zero attached hydrogens (tertiary/aromatic N) is 1. The Morgan fingerprint density at radius 3 is 3.00 bits per heavy atom. The molecule has 0 unspecified atom stereocenters. The second-order valence-electron chi connectivity index (χ2n) is 4.10. The molecule has 0 aromatic heterocycles. The number of hydrogen-bond acceptors (Lipinski definition) is 2. The lowest BCUT2D eigenvalue weighted by Gasteiger charge is -2.04. The summed E-state index contributed by atoms with van der Waals surface area (Å²) in [7, 11) is 0. The molecule has 0 saturated carbocycles. The van der Waals surface area contributed by atoms with Crippen molar-refractivity contribution < 1.29 is 4.79 Å². The minimum absolute atomic E-state index is 0.0597. The molecule has 0 spiro atoms. The van der Waals surface area contributed by atoms with E-state index >= 15 is 0 Å². The topological polar surface area (TPSA) is 52.9 Å². The molecule has 0 aliphatic carbocycles. The molecule has 0 heterocycles. The number of nitriles is 1. The second-order valence-corrected chi connectivity index (χ2v) is 4.10. The molecule has 3 heteroatoms. The third-order valence-electron chi connectivity index (χ3n) is 2.51. The quantitative estimate of drug-likeness (QED) is 0.763. The van der Waals surface area contributed by atoms with Gasteiger partial charge < -0.3 is 5.32 Å². The number of carbonyl (C=O) groups is 1. The molecular formula is C14H18N2O. The number of rotatable bonds is 6. The molecule has 1 aromatic rings. The maximum absolute atomic E-state index is 11.5. The largest absolute Gasteiger partial charge is 0.356 e. The van der Waals surface area contributed by atoms with E-state index in [0.717, 1.165) is 12.8 Å². The summed E-state index contributed by atoms with van der Waals surface area (Å²) in [6.45, 7) is 2.64. The van der Waals surface area contributed by atoms with Gasteiger partial charge in [-0.15, -0.1) is 0 Å². The summed E-state index contributed by atoms with van der Waals surface area (Å²) in [4.78, 5) is 11.5. The molecule has 0 aliphatic rings. The van der Waals surface area contributed by atoms with Crippen molar-refractivity contribution in [2.75, 3.05) is 6.54 Å². The van der Waals surface area contributed by atoms with Crippen LogP contribution in [0.5, 0.6) is 0 Å². The predicted octanol–water partition coefficient (Wildman–Crippen LogP) is 2.35. The van der Waals surface area contributed by atoms with Gasteiger partial charge >= 0.3 is 0 Å². The van der Waals surface area contributed by atoms with Gasteiger partial charge in [-0.25, -0.2) is 0 Å². The molecule has 0 radical (unpaired) electrons. The lowest BCUT2D eigenvalue weighted by molar-refractivity contribution is -0.121. The van der Waals surface area contributed by atoms with Crippen molar-refractivity contribution in [1.29, 1.82) is 5.26 Å². The Morgan fingerprint density at radius 2 is 2.29 bits per heavy atom. The Kier molecular flexibility index (Phi) is 5.81.